The quantitative estimate of drug-likeness (QED) is 0.536. The van der Waals surface area contributed by atoms with E-state index >= 15 is 0 Å². The Labute approximate surface area is 129 Å². The third kappa shape index (κ3) is 2.57. The molecule has 0 fully saturated rings. The lowest BCUT2D eigenvalue weighted by Gasteiger charge is -1.98. The molecule has 0 saturated carbocycles. The minimum atomic E-state index is -1.03. The van der Waals surface area contributed by atoms with Crippen LogP contribution in [0.1, 0.15) is 26.6 Å². The monoisotopic (exact) mass is 318 g/mol. The van der Waals surface area contributed by atoms with Crippen molar-refractivity contribution >= 4 is 28.2 Å². The van der Waals surface area contributed by atoms with Gasteiger partial charge in [0.25, 0.3) is 0 Å². The number of nitrogens with zero attached hydrogens (tertiary/aromatic N) is 2. The second-order valence-corrected chi connectivity index (χ2v) is 6.12. The number of aryl methyl sites for hydroxylation is 2. The molecule has 0 spiro atoms. The first-order valence-corrected chi connectivity index (χ1v) is 7.40. The predicted octanol–water partition coefficient (Wildman–Crippen LogP) is 4.19. The first-order valence-electron chi connectivity index (χ1n) is 6.58. The van der Waals surface area contributed by atoms with Crippen LogP contribution in [0.2, 0.25) is 0 Å². The van der Waals surface area contributed by atoms with Crippen molar-refractivity contribution in [2.45, 2.75) is 13.8 Å². The maximum absolute atomic E-state index is 13.2. The predicted molar refractivity (Wildman–Crippen MR) is 82.3 cm³/mol. The molecule has 0 aliphatic carbocycles. The number of imidazole rings is 1. The highest BCUT2D eigenvalue weighted by atomic mass is 32.1. The van der Waals surface area contributed by atoms with Crippen LogP contribution in [0.25, 0.3) is 11.0 Å². The van der Waals surface area contributed by atoms with Crippen molar-refractivity contribution in [1.29, 1.82) is 0 Å². The van der Waals surface area contributed by atoms with E-state index in [1.54, 1.807) is 17.4 Å². The highest BCUT2D eigenvalue weighted by Crippen LogP contribution is 2.21. The number of fused-ring (bicyclic) bond motifs is 1. The van der Waals surface area contributed by atoms with E-state index in [4.69, 9.17) is 0 Å². The van der Waals surface area contributed by atoms with Gasteiger partial charge in [-0.25, -0.2) is 13.8 Å². The van der Waals surface area contributed by atoms with Crippen LogP contribution < -0.4 is 0 Å². The summed E-state index contributed by atoms with van der Waals surface area (Å²) in [6.07, 6.45) is 4.93. The molecule has 0 N–H and O–H groups in total. The molecule has 0 saturated heterocycles. The Bertz CT molecular complexity index is 908. The van der Waals surface area contributed by atoms with Crippen molar-refractivity contribution in [3.8, 4) is 0 Å². The number of benzene rings is 1. The van der Waals surface area contributed by atoms with Crippen LogP contribution in [0.15, 0.2) is 30.5 Å². The molecule has 6 heteroatoms. The molecular formula is C16H12F2N2OS. The fourth-order valence-electron chi connectivity index (χ4n) is 2.18. The number of aromatic nitrogens is 2. The lowest BCUT2D eigenvalue weighted by Crippen LogP contribution is -1.97. The molecule has 3 rings (SSSR count). The van der Waals surface area contributed by atoms with Crippen LogP contribution in [0.5, 0.6) is 0 Å². The Hall–Kier alpha value is -2.34. The van der Waals surface area contributed by atoms with Crippen molar-refractivity contribution in [2.75, 3.05) is 0 Å². The summed E-state index contributed by atoms with van der Waals surface area (Å²) in [5.41, 5.74) is 1.71. The first kappa shape index (κ1) is 14.6. The van der Waals surface area contributed by atoms with Crippen molar-refractivity contribution < 1.29 is 13.6 Å². The molecule has 0 aliphatic heterocycles. The second-order valence-electron chi connectivity index (χ2n) is 4.90. The Balaban J connectivity index is 1.93. The molecule has 2 aromatic heterocycles. The van der Waals surface area contributed by atoms with E-state index in [-0.39, 0.29) is 11.3 Å². The average molecular weight is 318 g/mol. The zero-order valence-corrected chi connectivity index (χ0v) is 12.7. The fourth-order valence-corrected chi connectivity index (χ4v) is 3.06. The molecule has 3 nitrogen and oxygen atoms in total. The van der Waals surface area contributed by atoms with Gasteiger partial charge in [0.1, 0.15) is 0 Å². The maximum Gasteiger partial charge on any atom is 0.194 e. The molecule has 22 heavy (non-hydrogen) atoms. The third-order valence-corrected chi connectivity index (χ3v) is 4.16. The summed E-state index contributed by atoms with van der Waals surface area (Å²) in [6, 6.07) is 3.11. The van der Waals surface area contributed by atoms with E-state index in [1.807, 2.05) is 24.4 Å². The van der Waals surface area contributed by atoms with Crippen molar-refractivity contribution in [3.05, 3.63) is 63.9 Å². The zero-order valence-electron chi connectivity index (χ0n) is 11.9. The van der Waals surface area contributed by atoms with Gasteiger partial charge in [0.05, 0.1) is 11.4 Å². The van der Waals surface area contributed by atoms with Gasteiger partial charge < -0.3 is 0 Å². The van der Waals surface area contributed by atoms with Gasteiger partial charge in [0.15, 0.2) is 22.4 Å². The lowest BCUT2D eigenvalue weighted by molar-refractivity contribution is 0.104. The SMILES string of the molecule is Cc1cn2c(/C=C/C(=O)c3ccc(F)c(F)c3)c(C)nc2s1. The highest BCUT2D eigenvalue weighted by molar-refractivity contribution is 7.17. The minimum absolute atomic E-state index is 0.107. The van der Waals surface area contributed by atoms with Crippen molar-refractivity contribution in [2.24, 2.45) is 0 Å². The number of carbonyl (C=O) groups excluding carboxylic acids is 1. The van der Waals surface area contributed by atoms with Crippen LogP contribution in [0, 0.1) is 25.5 Å². The summed E-state index contributed by atoms with van der Waals surface area (Å²) in [4.78, 5) is 18.4. The number of allylic oxidation sites excluding steroid dienone is 1. The van der Waals surface area contributed by atoms with Crippen molar-refractivity contribution in [3.63, 3.8) is 0 Å². The fraction of sp³-hybridized carbons (Fsp3) is 0.125. The number of thiazole rings is 1. The lowest BCUT2D eigenvalue weighted by atomic mass is 10.1. The van der Waals surface area contributed by atoms with Crippen molar-refractivity contribution in [1.82, 2.24) is 9.38 Å². The van der Waals surface area contributed by atoms with Crippen LogP contribution in [-0.2, 0) is 0 Å². The molecule has 0 radical (unpaired) electrons. The molecule has 112 valence electrons. The molecule has 0 bridgehead atoms. The number of rotatable bonds is 3. The van der Waals surface area contributed by atoms with Crippen LogP contribution in [-0.4, -0.2) is 15.2 Å². The summed E-state index contributed by atoms with van der Waals surface area (Å²) < 4.78 is 28.0. The standard InChI is InChI=1S/C16H12F2N2OS/c1-9-8-20-14(10(2)19-16(20)22-9)5-6-15(21)11-3-4-12(17)13(18)7-11/h3-8H,1-2H3/b6-5+. The number of carbonyl (C=O) groups is 1. The summed E-state index contributed by atoms with van der Waals surface area (Å²) in [5, 5.41) is 0. The summed E-state index contributed by atoms with van der Waals surface area (Å²) in [6.45, 7) is 3.84. The Morgan fingerprint density at radius 1 is 1.27 bits per heavy atom. The smallest absolute Gasteiger partial charge is 0.194 e. The maximum atomic E-state index is 13.2. The molecule has 1 aromatic carbocycles. The Morgan fingerprint density at radius 2 is 2.05 bits per heavy atom. The number of hydrogen-bond acceptors (Lipinski definition) is 3. The van der Waals surface area contributed by atoms with E-state index in [1.165, 1.54) is 12.1 Å². The summed E-state index contributed by atoms with van der Waals surface area (Å²) >= 11 is 1.56. The molecule has 3 aromatic rings. The number of halogens is 2. The topological polar surface area (TPSA) is 34.4 Å². The first-order chi connectivity index (χ1) is 10.5. The number of hydrogen-bond donors (Lipinski definition) is 0. The molecule has 0 aliphatic rings. The van der Waals surface area contributed by atoms with Gasteiger partial charge in [-0.1, -0.05) is 0 Å². The van der Waals surface area contributed by atoms with E-state index < -0.39 is 11.6 Å². The number of ketones is 1. The average Bonchev–Trinajstić information content (AvgIpc) is 2.94. The van der Waals surface area contributed by atoms with E-state index in [2.05, 4.69) is 4.98 Å². The molecular weight excluding hydrogens is 306 g/mol. The van der Waals surface area contributed by atoms with E-state index in [0.29, 0.717) is 0 Å². The molecule has 0 unspecified atom stereocenters. The van der Waals surface area contributed by atoms with Crippen LogP contribution >= 0.6 is 11.3 Å². The van der Waals surface area contributed by atoms with Gasteiger partial charge in [-0.3, -0.25) is 9.20 Å². The van der Waals surface area contributed by atoms with E-state index in [0.717, 1.165) is 33.4 Å². The largest absolute Gasteiger partial charge is 0.290 e. The highest BCUT2D eigenvalue weighted by Gasteiger charge is 2.10. The third-order valence-electron chi connectivity index (χ3n) is 3.26. The summed E-state index contributed by atoms with van der Waals surface area (Å²) in [7, 11) is 0. The molecule has 2 heterocycles. The van der Waals surface area contributed by atoms with Gasteiger partial charge in [0.2, 0.25) is 0 Å². The zero-order chi connectivity index (χ0) is 15.9. The normalized spacial score (nSPS) is 11.6. The Kier molecular flexibility index (Phi) is 3.62. The Morgan fingerprint density at radius 3 is 2.77 bits per heavy atom. The van der Waals surface area contributed by atoms with E-state index in [9.17, 15) is 13.6 Å². The molecule has 0 amide bonds. The van der Waals surface area contributed by atoms with Gasteiger partial charge in [-0.05, 0) is 44.2 Å². The van der Waals surface area contributed by atoms with Crippen LogP contribution in [0.3, 0.4) is 0 Å². The van der Waals surface area contributed by atoms with Gasteiger partial charge >= 0.3 is 0 Å². The van der Waals surface area contributed by atoms with Gasteiger partial charge in [-0.15, -0.1) is 11.3 Å². The van der Waals surface area contributed by atoms with Gasteiger partial charge in [-0.2, -0.15) is 0 Å². The van der Waals surface area contributed by atoms with Crippen LogP contribution in [0.4, 0.5) is 8.78 Å². The second kappa shape index (κ2) is 5.46. The molecule has 0 atom stereocenters. The minimum Gasteiger partial charge on any atom is -0.290 e. The summed E-state index contributed by atoms with van der Waals surface area (Å²) in [5.74, 6) is -2.39. The van der Waals surface area contributed by atoms with Gasteiger partial charge in [0, 0.05) is 16.6 Å².